The zero-order chi connectivity index (χ0) is 24.6. The van der Waals surface area contributed by atoms with Crippen molar-refractivity contribution in [2.75, 3.05) is 6.61 Å². The van der Waals surface area contributed by atoms with E-state index >= 15 is 0 Å². The van der Waals surface area contributed by atoms with Gasteiger partial charge in [0.2, 0.25) is 0 Å². The third-order valence-electron chi connectivity index (χ3n) is 8.64. The van der Waals surface area contributed by atoms with Crippen molar-refractivity contribution < 1.29 is 9.53 Å². The van der Waals surface area contributed by atoms with E-state index in [1.165, 1.54) is 11.1 Å². The number of rotatable bonds is 6. The smallest absolute Gasteiger partial charge is 0.143 e. The SMILES string of the molecule is C[C@]1(COC(c2ccccc2)(c2ccccc2)c2ccccc2)C[C@@]12Cc1ccccc1CCC2=O. The second-order valence-electron chi connectivity index (χ2n) is 10.8. The lowest BCUT2D eigenvalue weighted by atomic mass is 9.79. The lowest BCUT2D eigenvalue weighted by Gasteiger charge is -2.37. The monoisotopic (exact) mass is 472 g/mol. The molecule has 1 spiro atoms. The summed E-state index contributed by atoms with van der Waals surface area (Å²) in [6, 6.07) is 40.1. The van der Waals surface area contributed by atoms with Gasteiger partial charge in [-0.3, -0.25) is 4.79 Å². The van der Waals surface area contributed by atoms with Gasteiger partial charge in [0, 0.05) is 17.3 Å². The Balaban J connectivity index is 1.41. The molecular weight excluding hydrogens is 440 g/mol. The lowest BCUT2D eigenvalue weighted by molar-refractivity contribution is -0.126. The topological polar surface area (TPSA) is 26.3 Å². The Kier molecular flexibility index (Phi) is 5.65. The number of benzene rings is 4. The first kappa shape index (κ1) is 22.9. The first-order chi connectivity index (χ1) is 17.6. The molecule has 2 aliphatic rings. The summed E-state index contributed by atoms with van der Waals surface area (Å²) in [6.07, 6.45) is 3.15. The van der Waals surface area contributed by atoms with E-state index in [2.05, 4.69) is 104 Å². The molecule has 0 radical (unpaired) electrons. The molecule has 0 saturated heterocycles. The predicted molar refractivity (Wildman–Crippen MR) is 144 cm³/mol. The van der Waals surface area contributed by atoms with Crippen LogP contribution in [-0.4, -0.2) is 12.4 Å². The minimum Gasteiger partial charge on any atom is -0.360 e. The van der Waals surface area contributed by atoms with Crippen LogP contribution in [0.25, 0.3) is 0 Å². The predicted octanol–water partition coefficient (Wildman–Crippen LogP) is 7.15. The van der Waals surface area contributed by atoms with Gasteiger partial charge >= 0.3 is 0 Å². The molecular formula is C34H32O2. The van der Waals surface area contributed by atoms with Crippen LogP contribution >= 0.6 is 0 Å². The Labute approximate surface area is 214 Å². The molecule has 0 unspecified atom stereocenters. The standard InChI is InChI=1S/C34H32O2/c1-32(24-33(32)23-27-14-12-11-13-26(27)21-22-31(33)35)25-36-34(28-15-5-2-6-16-28,29-17-7-3-8-18-29)30-19-9-4-10-20-30/h2-20H,21-25H2,1H3/t32-,33-/m1/s1. The summed E-state index contributed by atoms with van der Waals surface area (Å²) < 4.78 is 7.17. The molecule has 0 aliphatic heterocycles. The summed E-state index contributed by atoms with van der Waals surface area (Å²) in [7, 11) is 0. The molecule has 4 aromatic carbocycles. The third-order valence-corrected chi connectivity index (χ3v) is 8.64. The molecule has 2 heteroatoms. The molecule has 1 fully saturated rings. The fourth-order valence-corrected chi connectivity index (χ4v) is 6.44. The zero-order valence-corrected chi connectivity index (χ0v) is 20.8. The van der Waals surface area contributed by atoms with Crippen LogP contribution < -0.4 is 0 Å². The summed E-state index contributed by atoms with van der Waals surface area (Å²) in [4.78, 5) is 13.6. The van der Waals surface area contributed by atoms with E-state index in [0.717, 1.165) is 36.0 Å². The number of carbonyl (C=O) groups excluding carboxylic acids is 1. The number of ether oxygens (including phenoxy) is 1. The Hall–Kier alpha value is -3.49. The molecule has 6 rings (SSSR count). The fraction of sp³-hybridized carbons (Fsp3) is 0.265. The van der Waals surface area contributed by atoms with Crippen LogP contribution in [0.3, 0.4) is 0 Å². The van der Waals surface area contributed by atoms with Gasteiger partial charge in [-0.1, -0.05) is 122 Å². The second-order valence-corrected chi connectivity index (χ2v) is 10.8. The maximum absolute atomic E-state index is 13.6. The highest BCUT2D eigenvalue weighted by Crippen LogP contribution is 2.67. The van der Waals surface area contributed by atoms with Gasteiger partial charge < -0.3 is 4.74 Å². The molecule has 2 aliphatic carbocycles. The number of carbonyl (C=O) groups is 1. The highest BCUT2D eigenvalue weighted by Gasteiger charge is 2.68. The van der Waals surface area contributed by atoms with E-state index in [-0.39, 0.29) is 10.8 Å². The number of Topliss-reactive ketones (excluding diaryl/α,β-unsaturated/α-hetero) is 1. The van der Waals surface area contributed by atoms with Gasteiger partial charge in [0.15, 0.2) is 0 Å². The van der Waals surface area contributed by atoms with E-state index in [9.17, 15) is 4.79 Å². The molecule has 0 amide bonds. The number of fused-ring (bicyclic) bond motifs is 1. The summed E-state index contributed by atoms with van der Waals surface area (Å²) >= 11 is 0. The van der Waals surface area contributed by atoms with Gasteiger partial charge in [-0.05, 0) is 47.1 Å². The Bertz CT molecular complexity index is 1270. The first-order valence-corrected chi connectivity index (χ1v) is 13.0. The van der Waals surface area contributed by atoms with Crippen molar-refractivity contribution in [1.29, 1.82) is 0 Å². The van der Waals surface area contributed by atoms with Crippen LogP contribution in [0.5, 0.6) is 0 Å². The van der Waals surface area contributed by atoms with E-state index in [0.29, 0.717) is 18.8 Å². The largest absolute Gasteiger partial charge is 0.360 e. The average Bonchev–Trinajstić information content (AvgIpc) is 3.57. The van der Waals surface area contributed by atoms with Gasteiger partial charge in [-0.2, -0.15) is 0 Å². The molecule has 0 bridgehead atoms. The van der Waals surface area contributed by atoms with Crippen molar-refractivity contribution in [3.63, 3.8) is 0 Å². The number of aryl methyl sites for hydroxylation is 1. The van der Waals surface area contributed by atoms with Gasteiger partial charge in [0.05, 0.1) is 6.61 Å². The molecule has 4 aromatic rings. The van der Waals surface area contributed by atoms with Crippen LogP contribution in [0.1, 0.15) is 47.6 Å². The third kappa shape index (κ3) is 3.63. The molecule has 0 aromatic heterocycles. The highest BCUT2D eigenvalue weighted by molar-refractivity contribution is 5.90. The zero-order valence-electron chi connectivity index (χ0n) is 20.8. The molecule has 2 nitrogen and oxygen atoms in total. The van der Waals surface area contributed by atoms with Crippen molar-refractivity contribution in [3.05, 3.63) is 143 Å². The Morgan fingerprint density at radius 3 is 1.67 bits per heavy atom. The average molecular weight is 473 g/mol. The number of ketones is 1. The normalized spacial score (nSPS) is 23.2. The summed E-state index contributed by atoms with van der Waals surface area (Å²) in [5.74, 6) is 0.398. The first-order valence-electron chi connectivity index (χ1n) is 13.0. The molecule has 0 N–H and O–H groups in total. The summed E-state index contributed by atoms with van der Waals surface area (Å²) in [6.45, 7) is 2.77. The van der Waals surface area contributed by atoms with Gasteiger partial charge in [-0.25, -0.2) is 0 Å². The molecule has 1 saturated carbocycles. The van der Waals surface area contributed by atoms with E-state index in [1.54, 1.807) is 0 Å². The minimum absolute atomic E-state index is 0.203. The summed E-state index contributed by atoms with van der Waals surface area (Å²) in [5, 5.41) is 0. The maximum Gasteiger partial charge on any atom is 0.143 e. The van der Waals surface area contributed by atoms with Gasteiger partial charge in [0.25, 0.3) is 0 Å². The van der Waals surface area contributed by atoms with Crippen LogP contribution in [-0.2, 0) is 28.0 Å². The van der Waals surface area contributed by atoms with Crippen molar-refractivity contribution >= 4 is 5.78 Å². The minimum atomic E-state index is -0.762. The fourth-order valence-electron chi connectivity index (χ4n) is 6.44. The van der Waals surface area contributed by atoms with Crippen molar-refractivity contribution in [1.82, 2.24) is 0 Å². The van der Waals surface area contributed by atoms with Gasteiger partial charge in [-0.15, -0.1) is 0 Å². The maximum atomic E-state index is 13.6. The van der Waals surface area contributed by atoms with Crippen LogP contribution in [0, 0.1) is 10.8 Å². The van der Waals surface area contributed by atoms with E-state index in [4.69, 9.17) is 4.74 Å². The highest BCUT2D eigenvalue weighted by atomic mass is 16.5. The van der Waals surface area contributed by atoms with Crippen LogP contribution in [0.4, 0.5) is 0 Å². The Morgan fingerprint density at radius 2 is 1.14 bits per heavy atom. The summed E-state index contributed by atoms with van der Waals surface area (Å²) in [5.41, 5.74) is 4.63. The quantitative estimate of drug-likeness (QED) is 0.279. The molecule has 2 atom stereocenters. The van der Waals surface area contributed by atoms with E-state index < -0.39 is 5.60 Å². The van der Waals surface area contributed by atoms with Crippen molar-refractivity contribution in [2.45, 2.75) is 38.2 Å². The Morgan fingerprint density at radius 1 is 0.667 bits per heavy atom. The van der Waals surface area contributed by atoms with Crippen molar-refractivity contribution in [2.24, 2.45) is 10.8 Å². The number of hydrogen-bond acceptors (Lipinski definition) is 2. The van der Waals surface area contributed by atoms with Crippen LogP contribution in [0.15, 0.2) is 115 Å². The molecule has 36 heavy (non-hydrogen) atoms. The second kappa shape index (κ2) is 8.87. The molecule has 0 heterocycles. The number of hydrogen-bond donors (Lipinski definition) is 0. The van der Waals surface area contributed by atoms with E-state index in [1.807, 2.05) is 18.2 Å². The lowest BCUT2D eigenvalue weighted by Crippen LogP contribution is -2.36. The van der Waals surface area contributed by atoms with Crippen LogP contribution in [0.2, 0.25) is 0 Å². The molecule has 180 valence electrons. The van der Waals surface area contributed by atoms with Crippen molar-refractivity contribution in [3.8, 4) is 0 Å². The van der Waals surface area contributed by atoms with Gasteiger partial charge in [0.1, 0.15) is 11.4 Å².